The highest BCUT2D eigenvalue weighted by Crippen LogP contribution is 2.42. The summed E-state index contributed by atoms with van der Waals surface area (Å²) in [5.74, 6) is -2.44. The van der Waals surface area contributed by atoms with E-state index in [1.807, 2.05) is 12.1 Å². The summed E-state index contributed by atoms with van der Waals surface area (Å²) >= 11 is 3.41. The molecule has 37 heavy (non-hydrogen) atoms. The van der Waals surface area contributed by atoms with Crippen molar-refractivity contribution in [3.05, 3.63) is 112 Å². The molecule has 1 unspecified atom stereocenters. The van der Waals surface area contributed by atoms with Crippen molar-refractivity contribution in [1.29, 1.82) is 0 Å². The zero-order valence-electron chi connectivity index (χ0n) is 20.0. The number of hydrogen-bond donors (Lipinski definition) is 1. The van der Waals surface area contributed by atoms with Gasteiger partial charge in [-0.25, -0.2) is 4.79 Å². The Morgan fingerprint density at radius 1 is 1.00 bits per heavy atom. The number of amides is 1. The molecular formula is C29H22BrNO6. The zero-order chi connectivity index (χ0) is 26.3. The summed E-state index contributed by atoms with van der Waals surface area (Å²) in [5, 5.41) is 11.7. The second kappa shape index (κ2) is 9.71. The lowest BCUT2D eigenvalue weighted by molar-refractivity contribution is -0.117. The molecular weight excluding hydrogens is 538 g/mol. The van der Waals surface area contributed by atoms with Crippen molar-refractivity contribution in [1.82, 2.24) is 0 Å². The first-order valence-electron chi connectivity index (χ1n) is 11.6. The zero-order valence-corrected chi connectivity index (χ0v) is 21.6. The SMILES string of the molecule is CC(C)OC(=O)c1ccc(N2C(=O)C(O)=C(C(=O)c3cc4cc(Br)ccc4o3)C2c2ccccc2)cc1. The Morgan fingerprint density at radius 3 is 2.38 bits per heavy atom. The molecule has 1 aliphatic heterocycles. The standard InChI is InChI=1S/C29H22BrNO6/c1-16(2)36-29(35)18-8-11-21(12-9-18)31-25(17-6-4-3-5-7-17)24(27(33)28(31)34)26(32)23-15-19-14-20(30)10-13-22(19)37-23/h3-16,25,33H,1-2H3. The predicted molar refractivity (Wildman–Crippen MR) is 142 cm³/mol. The predicted octanol–water partition coefficient (Wildman–Crippen LogP) is 6.54. The minimum atomic E-state index is -0.908. The number of aliphatic hydroxyl groups is 1. The van der Waals surface area contributed by atoms with Gasteiger partial charge in [0.1, 0.15) is 5.58 Å². The summed E-state index contributed by atoms with van der Waals surface area (Å²) in [5.41, 5.74) is 1.78. The van der Waals surface area contributed by atoms with Crippen LogP contribution in [0, 0.1) is 0 Å². The van der Waals surface area contributed by atoms with E-state index in [4.69, 9.17) is 9.15 Å². The van der Waals surface area contributed by atoms with Crippen molar-refractivity contribution >= 4 is 50.2 Å². The molecule has 0 bridgehead atoms. The van der Waals surface area contributed by atoms with Crippen LogP contribution in [0.5, 0.6) is 0 Å². The van der Waals surface area contributed by atoms with E-state index in [2.05, 4.69) is 15.9 Å². The normalized spacial score (nSPS) is 15.6. The summed E-state index contributed by atoms with van der Waals surface area (Å²) in [4.78, 5) is 40.7. The number of benzene rings is 3. The molecule has 0 aliphatic carbocycles. The smallest absolute Gasteiger partial charge is 0.338 e. The molecule has 7 nitrogen and oxygen atoms in total. The largest absolute Gasteiger partial charge is 0.503 e. The Kier molecular flexibility index (Phi) is 6.43. The Hall–Kier alpha value is -4.17. The van der Waals surface area contributed by atoms with Crippen LogP contribution in [0.2, 0.25) is 0 Å². The molecule has 4 aromatic rings. The van der Waals surface area contributed by atoms with E-state index >= 15 is 0 Å². The van der Waals surface area contributed by atoms with Crippen LogP contribution in [0.25, 0.3) is 11.0 Å². The van der Waals surface area contributed by atoms with Crippen molar-refractivity contribution < 1.29 is 28.6 Å². The minimum absolute atomic E-state index is 0.0111. The Bertz CT molecular complexity index is 1550. The molecule has 1 aromatic heterocycles. The summed E-state index contributed by atoms with van der Waals surface area (Å²) in [7, 11) is 0. The quantitative estimate of drug-likeness (QED) is 0.212. The molecule has 2 heterocycles. The lowest BCUT2D eigenvalue weighted by Crippen LogP contribution is -2.31. The first-order chi connectivity index (χ1) is 17.7. The van der Waals surface area contributed by atoms with Crippen molar-refractivity contribution in [3.63, 3.8) is 0 Å². The third-order valence-electron chi connectivity index (χ3n) is 5.99. The fourth-order valence-corrected chi connectivity index (χ4v) is 4.73. The number of carbonyl (C=O) groups is 3. The molecule has 1 amide bonds. The Morgan fingerprint density at radius 2 is 1.70 bits per heavy atom. The number of nitrogens with zero attached hydrogens (tertiary/aromatic N) is 1. The monoisotopic (exact) mass is 559 g/mol. The van der Waals surface area contributed by atoms with Gasteiger partial charge in [-0.2, -0.15) is 0 Å². The number of Topliss-reactive ketones (excluding diaryl/α,β-unsaturated/α-hetero) is 1. The molecule has 5 rings (SSSR count). The molecule has 1 N–H and O–H groups in total. The molecule has 0 saturated carbocycles. The number of anilines is 1. The van der Waals surface area contributed by atoms with E-state index in [-0.39, 0.29) is 17.4 Å². The van der Waals surface area contributed by atoms with Crippen LogP contribution in [0.3, 0.4) is 0 Å². The fourth-order valence-electron chi connectivity index (χ4n) is 4.35. The number of carbonyl (C=O) groups excluding carboxylic acids is 3. The van der Waals surface area contributed by atoms with Crippen molar-refractivity contribution in [2.75, 3.05) is 4.90 Å². The molecule has 186 valence electrons. The van der Waals surface area contributed by atoms with E-state index in [1.54, 1.807) is 80.6 Å². The van der Waals surface area contributed by atoms with Gasteiger partial charge in [0.05, 0.1) is 23.3 Å². The lowest BCUT2D eigenvalue weighted by Gasteiger charge is -2.27. The molecule has 1 atom stereocenters. The number of fused-ring (bicyclic) bond motifs is 1. The van der Waals surface area contributed by atoms with Crippen LogP contribution in [-0.4, -0.2) is 28.9 Å². The molecule has 0 saturated heterocycles. The lowest BCUT2D eigenvalue weighted by atomic mass is 9.94. The van der Waals surface area contributed by atoms with Crippen LogP contribution in [0.4, 0.5) is 5.69 Å². The highest BCUT2D eigenvalue weighted by atomic mass is 79.9. The van der Waals surface area contributed by atoms with Gasteiger partial charge in [0, 0.05) is 15.5 Å². The van der Waals surface area contributed by atoms with Crippen molar-refractivity contribution in [3.8, 4) is 0 Å². The number of aliphatic hydroxyl groups excluding tert-OH is 1. The van der Waals surface area contributed by atoms with Crippen molar-refractivity contribution in [2.24, 2.45) is 0 Å². The van der Waals surface area contributed by atoms with Crippen LogP contribution >= 0.6 is 15.9 Å². The number of furan rings is 1. The van der Waals surface area contributed by atoms with Gasteiger partial charge in [-0.1, -0.05) is 46.3 Å². The van der Waals surface area contributed by atoms with Crippen molar-refractivity contribution in [2.45, 2.75) is 26.0 Å². The first kappa shape index (κ1) is 24.5. The average Bonchev–Trinajstić information content (AvgIpc) is 3.42. The first-order valence-corrected chi connectivity index (χ1v) is 12.4. The van der Waals surface area contributed by atoms with E-state index in [1.165, 1.54) is 4.90 Å². The molecule has 0 spiro atoms. The summed E-state index contributed by atoms with van der Waals surface area (Å²) in [6, 6.07) is 21.3. The third-order valence-corrected chi connectivity index (χ3v) is 6.49. The maximum absolute atomic E-state index is 13.7. The maximum atomic E-state index is 13.7. The second-order valence-electron chi connectivity index (χ2n) is 8.87. The third kappa shape index (κ3) is 4.56. The number of ether oxygens (including phenoxy) is 1. The fraction of sp³-hybridized carbons (Fsp3) is 0.138. The molecule has 3 aromatic carbocycles. The Labute approximate surface area is 221 Å². The van der Waals surface area contributed by atoms with Gasteiger partial charge in [0.25, 0.3) is 5.91 Å². The number of hydrogen-bond acceptors (Lipinski definition) is 6. The molecule has 0 fully saturated rings. The van der Waals surface area contributed by atoms with Gasteiger partial charge in [-0.15, -0.1) is 0 Å². The topological polar surface area (TPSA) is 97.0 Å². The van der Waals surface area contributed by atoms with Gasteiger partial charge < -0.3 is 14.3 Å². The van der Waals surface area contributed by atoms with E-state index in [0.717, 1.165) is 4.47 Å². The van der Waals surface area contributed by atoms with Crippen LogP contribution in [0.15, 0.2) is 99.1 Å². The highest BCUT2D eigenvalue weighted by Gasteiger charge is 2.45. The van der Waals surface area contributed by atoms with Crippen LogP contribution in [0.1, 0.15) is 46.4 Å². The van der Waals surface area contributed by atoms with Gasteiger partial charge in [-0.05, 0) is 67.9 Å². The van der Waals surface area contributed by atoms with Gasteiger partial charge in [-0.3, -0.25) is 14.5 Å². The minimum Gasteiger partial charge on any atom is -0.503 e. The number of halogens is 1. The molecule has 0 radical (unpaired) electrons. The summed E-state index contributed by atoms with van der Waals surface area (Å²) in [6.07, 6.45) is -0.274. The van der Waals surface area contributed by atoms with Crippen LogP contribution < -0.4 is 4.90 Å². The Balaban J connectivity index is 1.56. The molecule has 1 aliphatic rings. The van der Waals surface area contributed by atoms with E-state index in [0.29, 0.717) is 27.8 Å². The summed E-state index contributed by atoms with van der Waals surface area (Å²) in [6.45, 7) is 3.51. The number of esters is 1. The second-order valence-corrected chi connectivity index (χ2v) is 9.79. The maximum Gasteiger partial charge on any atom is 0.338 e. The molecule has 8 heteroatoms. The average molecular weight is 560 g/mol. The number of ketones is 1. The van der Waals surface area contributed by atoms with E-state index in [9.17, 15) is 19.5 Å². The summed E-state index contributed by atoms with van der Waals surface area (Å²) < 4.78 is 11.8. The number of rotatable bonds is 6. The highest BCUT2D eigenvalue weighted by molar-refractivity contribution is 9.10. The van der Waals surface area contributed by atoms with Gasteiger partial charge in [0.2, 0.25) is 5.78 Å². The van der Waals surface area contributed by atoms with Gasteiger partial charge >= 0.3 is 5.97 Å². The van der Waals surface area contributed by atoms with E-state index < -0.39 is 29.5 Å². The van der Waals surface area contributed by atoms with Gasteiger partial charge in [0.15, 0.2) is 11.5 Å². The van der Waals surface area contributed by atoms with Crippen LogP contribution in [-0.2, 0) is 9.53 Å².